The normalized spacial score (nSPS) is 18.6. The van der Waals surface area contributed by atoms with Crippen LogP contribution in [-0.4, -0.2) is 34.5 Å². The molecule has 1 atom stereocenters. The first-order valence-electron chi connectivity index (χ1n) is 5.16. The molecule has 0 aromatic heterocycles. The predicted molar refractivity (Wildman–Crippen MR) is 51.9 cm³/mol. The Labute approximate surface area is 83.9 Å². The molecule has 0 aromatic rings. The maximum atomic E-state index is 11.4. The van der Waals surface area contributed by atoms with Gasteiger partial charge < -0.3 is 10.0 Å². The largest absolute Gasteiger partial charge is 0.481 e. The first kappa shape index (κ1) is 11.0. The van der Waals surface area contributed by atoms with Crippen LogP contribution in [0.2, 0.25) is 0 Å². The van der Waals surface area contributed by atoms with Crippen molar-refractivity contribution >= 4 is 11.9 Å². The number of carbonyl (C=O) groups is 2. The number of rotatable bonds is 5. The number of amides is 1. The number of carboxylic acid groups (broad SMARTS) is 1. The summed E-state index contributed by atoms with van der Waals surface area (Å²) in [6, 6.07) is -0.0903. The van der Waals surface area contributed by atoms with Crippen LogP contribution in [0.25, 0.3) is 0 Å². The Bertz CT molecular complexity index is 227. The van der Waals surface area contributed by atoms with Crippen molar-refractivity contribution in [3.05, 3.63) is 0 Å². The van der Waals surface area contributed by atoms with E-state index in [1.165, 1.54) is 0 Å². The van der Waals surface area contributed by atoms with Crippen LogP contribution in [0.1, 0.15) is 39.0 Å². The van der Waals surface area contributed by atoms with Gasteiger partial charge in [0.1, 0.15) is 0 Å². The average Bonchev–Trinajstić information content (AvgIpc) is 2.50. The van der Waals surface area contributed by atoms with Crippen molar-refractivity contribution in [2.24, 2.45) is 0 Å². The molecular weight excluding hydrogens is 182 g/mol. The topological polar surface area (TPSA) is 57.6 Å². The minimum atomic E-state index is -0.817. The van der Waals surface area contributed by atoms with E-state index in [1.54, 1.807) is 4.90 Å². The van der Waals surface area contributed by atoms with Crippen molar-refractivity contribution in [2.45, 2.75) is 45.1 Å². The van der Waals surface area contributed by atoms with Crippen molar-refractivity contribution in [3.8, 4) is 0 Å². The number of nitrogens with zero attached hydrogens (tertiary/aromatic N) is 1. The lowest BCUT2D eigenvalue weighted by atomic mass is 10.1. The lowest BCUT2D eigenvalue weighted by Gasteiger charge is -2.26. The number of carbonyl (C=O) groups excluding carboxylic acids is 1. The first-order valence-corrected chi connectivity index (χ1v) is 5.16. The molecule has 1 fully saturated rings. The van der Waals surface area contributed by atoms with Gasteiger partial charge in [-0.05, 0) is 12.8 Å². The van der Waals surface area contributed by atoms with Gasteiger partial charge in [-0.1, -0.05) is 13.3 Å². The summed E-state index contributed by atoms with van der Waals surface area (Å²) >= 11 is 0. The molecule has 1 aliphatic heterocycles. The van der Waals surface area contributed by atoms with Gasteiger partial charge in [-0.2, -0.15) is 0 Å². The molecule has 1 N–H and O–H groups in total. The molecule has 0 radical (unpaired) electrons. The fraction of sp³-hybridized carbons (Fsp3) is 0.800. The summed E-state index contributed by atoms with van der Waals surface area (Å²) in [4.78, 5) is 23.7. The van der Waals surface area contributed by atoms with Gasteiger partial charge >= 0.3 is 5.97 Å². The van der Waals surface area contributed by atoms with Crippen molar-refractivity contribution in [2.75, 3.05) is 6.54 Å². The lowest BCUT2D eigenvalue weighted by Crippen LogP contribution is -2.37. The third kappa shape index (κ3) is 2.72. The maximum absolute atomic E-state index is 11.4. The highest BCUT2D eigenvalue weighted by molar-refractivity contribution is 5.79. The van der Waals surface area contributed by atoms with Gasteiger partial charge in [0.25, 0.3) is 0 Å². The van der Waals surface area contributed by atoms with Crippen molar-refractivity contribution in [1.29, 1.82) is 0 Å². The fourth-order valence-corrected chi connectivity index (χ4v) is 1.96. The maximum Gasteiger partial charge on any atom is 0.305 e. The SMILES string of the molecule is CCCC(CC(=O)O)N1CCCC1=O. The second kappa shape index (κ2) is 4.98. The summed E-state index contributed by atoms with van der Waals surface area (Å²) in [5.74, 6) is -0.701. The van der Waals surface area contributed by atoms with E-state index in [0.717, 1.165) is 25.8 Å². The molecule has 1 amide bonds. The second-order valence-electron chi connectivity index (χ2n) is 3.73. The molecule has 14 heavy (non-hydrogen) atoms. The van der Waals surface area contributed by atoms with Gasteiger partial charge in [0.2, 0.25) is 5.91 Å². The standard InChI is InChI=1S/C10H17NO3/c1-2-4-8(7-10(13)14)11-6-3-5-9(11)12/h8H,2-7H2,1H3,(H,13,14). The summed E-state index contributed by atoms with van der Waals surface area (Å²) in [5.41, 5.74) is 0. The van der Waals surface area contributed by atoms with Crippen LogP contribution in [0.5, 0.6) is 0 Å². The summed E-state index contributed by atoms with van der Waals surface area (Å²) < 4.78 is 0. The zero-order valence-corrected chi connectivity index (χ0v) is 8.53. The van der Waals surface area contributed by atoms with Gasteiger partial charge in [-0.25, -0.2) is 0 Å². The number of hydrogen-bond acceptors (Lipinski definition) is 2. The van der Waals surface area contributed by atoms with Crippen molar-refractivity contribution in [3.63, 3.8) is 0 Å². The highest BCUT2D eigenvalue weighted by Crippen LogP contribution is 2.19. The van der Waals surface area contributed by atoms with E-state index in [0.29, 0.717) is 6.42 Å². The molecule has 4 heteroatoms. The smallest absolute Gasteiger partial charge is 0.305 e. The summed E-state index contributed by atoms with van der Waals surface area (Å²) in [6.07, 6.45) is 3.25. The number of likely N-dealkylation sites (tertiary alicyclic amines) is 1. The number of aliphatic carboxylic acids is 1. The molecule has 4 nitrogen and oxygen atoms in total. The molecule has 1 aliphatic rings. The molecule has 0 saturated carbocycles. The molecule has 1 rings (SSSR count). The molecule has 0 bridgehead atoms. The average molecular weight is 199 g/mol. The molecule has 0 spiro atoms. The monoisotopic (exact) mass is 199 g/mol. The van der Waals surface area contributed by atoms with Crippen LogP contribution in [0.3, 0.4) is 0 Å². The van der Waals surface area contributed by atoms with Gasteiger partial charge in [-0.15, -0.1) is 0 Å². The molecular formula is C10H17NO3. The Kier molecular flexibility index (Phi) is 3.92. The zero-order valence-electron chi connectivity index (χ0n) is 8.53. The molecule has 0 aromatic carbocycles. The van der Waals surface area contributed by atoms with Gasteiger partial charge in [0.15, 0.2) is 0 Å². The van der Waals surface area contributed by atoms with E-state index < -0.39 is 5.97 Å². The summed E-state index contributed by atoms with van der Waals surface area (Å²) in [5, 5.41) is 8.72. The number of hydrogen-bond donors (Lipinski definition) is 1. The minimum absolute atomic E-state index is 0.0829. The van der Waals surface area contributed by atoms with Crippen LogP contribution in [0, 0.1) is 0 Å². The lowest BCUT2D eigenvalue weighted by molar-refractivity contribution is -0.139. The van der Waals surface area contributed by atoms with E-state index in [2.05, 4.69) is 0 Å². The third-order valence-electron chi connectivity index (χ3n) is 2.58. The minimum Gasteiger partial charge on any atom is -0.481 e. The van der Waals surface area contributed by atoms with E-state index in [9.17, 15) is 9.59 Å². The van der Waals surface area contributed by atoms with Crippen LogP contribution in [0.15, 0.2) is 0 Å². The van der Waals surface area contributed by atoms with Gasteiger partial charge in [0.05, 0.1) is 6.42 Å². The number of carboxylic acids is 1. The first-order chi connectivity index (χ1) is 6.65. The molecule has 0 aliphatic carbocycles. The van der Waals surface area contributed by atoms with Gasteiger partial charge in [0, 0.05) is 19.0 Å². The third-order valence-corrected chi connectivity index (χ3v) is 2.58. The van der Waals surface area contributed by atoms with Gasteiger partial charge in [-0.3, -0.25) is 9.59 Å². The predicted octanol–water partition coefficient (Wildman–Crippen LogP) is 1.25. The Morgan fingerprint density at radius 1 is 1.64 bits per heavy atom. The summed E-state index contributed by atoms with van der Waals surface area (Å²) in [6.45, 7) is 2.74. The van der Waals surface area contributed by atoms with Crippen LogP contribution in [-0.2, 0) is 9.59 Å². The Hall–Kier alpha value is -1.06. The quantitative estimate of drug-likeness (QED) is 0.725. The van der Waals surface area contributed by atoms with E-state index in [4.69, 9.17) is 5.11 Å². The zero-order chi connectivity index (χ0) is 10.6. The van der Waals surface area contributed by atoms with E-state index in [1.807, 2.05) is 6.92 Å². The van der Waals surface area contributed by atoms with Crippen molar-refractivity contribution < 1.29 is 14.7 Å². The van der Waals surface area contributed by atoms with E-state index in [-0.39, 0.29) is 18.4 Å². The van der Waals surface area contributed by atoms with Crippen LogP contribution in [0.4, 0.5) is 0 Å². The summed E-state index contributed by atoms with van der Waals surface area (Å²) in [7, 11) is 0. The Morgan fingerprint density at radius 3 is 2.79 bits per heavy atom. The molecule has 1 heterocycles. The molecule has 1 saturated heterocycles. The van der Waals surface area contributed by atoms with E-state index >= 15 is 0 Å². The highest BCUT2D eigenvalue weighted by Gasteiger charge is 2.28. The Balaban J connectivity index is 2.56. The molecule has 1 unspecified atom stereocenters. The fourth-order valence-electron chi connectivity index (χ4n) is 1.96. The second-order valence-corrected chi connectivity index (χ2v) is 3.73. The van der Waals surface area contributed by atoms with Crippen LogP contribution < -0.4 is 0 Å². The molecule has 80 valence electrons. The van der Waals surface area contributed by atoms with Crippen molar-refractivity contribution in [1.82, 2.24) is 4.90 Å². The highest BCUT2D eigenvalue weighted by atomic mass is 16.4. The Morgan fingerprint density at radius 2 is 2.36 bits per heavy atom. The van der Waals surface area contributed by atoms with Crippen LogP contribution >= 0.6 is 0 Å².